The molecule has 3 rings (SSSR count). The van der Waals surface area contributed by atoms with Crippen LogP contribution in [0.2, 0.25) is 0 Å². The summed E-state index contributed by atoms with van der Waals surface area (Å²) in [6, 6.07) is 9.81. The molecule has 1 aliphatic rings. The van der Waals surface area contributed by atoms with Crippen molar-refractivity contribution in [2.45, 2.75) is 33.2 Å². The maximum atomic E-state index is 12.1. The topological polar surface area (TPSA) is 46.9 Å². The van der Waals surface area contributed by atoms with Crippen LogP contribution in [-0.2, 0) is 6.54 Å². The normalized spacial score (nSPS) is 15.9. The van der Waals surface area contributed by atoms with Crippen LogP contribution in [0.5, 0.6) is 0 Å². The average Bonchev–Trinajstić information content (AvgIpc) is 2.51. The van der Waals surface area contributed by atoms with Gasteiger partial charge in [0.25, 0.3) is 5.56 Å². The van der Waals surface area contributed by atoms with Crippen LogP contribution < -0.4 is 10.9 Å². The van der Waals surface area contributed by atoms with Crippen LogP contribution in [0.15, 0.2) is 35.1 Å². The second-order valence-electron chi connectivity index (χ2n) is 6.25. The van der Waals surface area contributed by atoms with E-state index in [2.05, 4.69) is 42.5 Å². The van der Waals surface area contributed by atoms with Gasteiger partial charge in [-0.3, -0.25) is 4.79 Å². The summed E-state index contributed by atoms with van der Waals surface area (Å²) in [5, 5.41) is 7.97. The molecule has 1 N–H and O–H groups in total. The molecule has 1 aromatic heterocycles. The van der Waals surface area contributed by atoms with Crippen LogP contribution >= 0.6 is 0 Å². The molecular formula is C18H23N3O. The second-order valence-corrected chi connectivity index (χ2v) is 6.25. The number of nitrogens with zero attached hydrogens (tertiary/aromatic N) is 2. The van der Waals surface area contributed by atoms with Gasteiger partial charge in [-0.25, -0.2) is 4.68 Å². The van der Waals surface area contributed by atoms with E-state index in [9.17, 15) is 4.79 Å². The van der Waals surface area contributed by atoms with Crippen molar-refractivity contribution in [2.75, 3.05) is 13.1 Å². The SMILES string of the molecule is Cc1ccc(-c2ccc(=O)n(CC3CCNCC3)n2)c(C)c1. The lowest BCUT2D eigenvalue weighted by molar-refractivity contribution is 0.315. The monoisotopic (exact) mass is 297 g/mol. The summed E-state index contributed by atoms with van der Waals surface area (Å²) >= 11 is 0. The van der Waals surface area contributed by atoms with Gasteiger partial charge in [-0.05, 0) is 57.3 Å². The lowest BCUT2D eigenvalue weighted by Gasteiger charge is -2.22. The van der Waals surface area contributed by atoms with Gasteiger partial charge in [0.1, 0.15) is 0 Å². The van der Waals surface area contributed by atoms with Crippen molar-refractivity contribution in [3.63, 3.8) is 0 Å². The van der Waals surface area contributed by atoms with Crippen molar-refractivity contribution >= 4 is 0 Å². The molecule has 1 saturated heterocycles. The first-order valence-electron chi connectivity index (χ1n) is 8.00. The smallest absolute Gasteiger partial charge is 0.266 e. The summed E-state index contributed by atoms with van der Waals surface area (Å²) in [5.41, 5.74) is 4.41. The molecule has 4 heteroatoms. The van der Waals surface area contributed by atoms with Gasteiger partial charge in [0.05, 0.1) is 5.69 Å². The lowest BCUT2D eigenvalue weighted by Crippen LogP contribution is -2.33. The number of benzene rings is 1. The first-order chi connectivity index (χ1) is 10.6. The molecule has 0 atom stereocenters. The molecule has 4 nitrogen and oxygen atoms in total. The van der Waals surface area contributed by atoms with Crippen molar-refractivity contribution in [2.24, 2.45) is 5.92 Å². The molecule has 116 valence electrons. The Morgan fingerprint density at radius 1 is 1.18 bits per heavy atom. The van der Waals surface area contributed by atoms with Gasteiger partial charge >= 0.3 is 0 Å². The van der Waals surface area contributed by atoms with Gasteiger partial charge in [-0.2, -0.15) is 5.10 Å². The number of piperidine rings is 1. The molecule has 0 amide bonds. The van der Waals surface area contributed by atoms with Gasteiger partial charge in [0.15, 0.2) is 0 Å². The van der Waals surface area contributed by atoms with Gasteiger partial charge in [0.2, 0.25) is 0 Å². The van der Waals surface area contributed by atoms with Crippen molar-refractivity contribution in [1.82, 2.24) is 15.1 Å². The van der Waals surface area contributed by atoms with Gasteiger partial charge in [-0.15, -0.1) is 0 Å². The maximum Gasteiger partial charge on any atom is 0.266 e. The largest absolute Gasteiger partial charge is 0.317 e. The molecule has 0 saturated carbocycles. The van der Waals surface area contributed by atoms with E-state index >= 15 is 0 Å². The van der Waals surface area contributed by atoms with E-state index in [1.165, 1.54) is 11.1 Å². The van der Waals surface area contributed by atoms with Gasteiger partial charge < -0.3 is 5.32 Å². The molecule has 2 aromatic rings. The first-order valence-corrected chi connectivity index (χ1v) is 8.00. The molecule has 22 heavy (non-hydrogen) atoms. The fourth-order valence-corrected chi connectivity index (χ4v) is 3.13. The number of aromatic nitrogens is 2. The lowest BCUT2D eigenvalue weighted by atomic mass is 9.98. The van der Waals surface area contributed by atoms with E-state index in [1.807, 2.05) is 6.07 Å². The Bertz CT molecular complexity index is 715. The number of hydrogen-bond acceptors (Lipinski definition) is 3. The number of nitrogens with one attached hydrogen (secondary N) is 1. The summed E-state index contributed by atoms with van der Waals surface area (Å²) in [7, 11) is 0. The van der Waals surface area contributed by atoms with Crippen molar-refractivity contribution in [3.05, 3.63) is 51.8 Å². The quantitative estimate of drug-likeness (QED) is 0.947. The Kier molecular flexibility index (Phi) is 4.39. The highest BCUT2D eigenvalue weighted by atomic mass is 16.1. The minimum Gasteiger partial charge on any atom is -0.317 e. The third-order valence-corrected chi connectivity index (χ3v) is 4.41. The number of rotatable bonds is 3. The van der Waals surface area contributed by atoms with E-state index in [0.717, 1.165) is 43.7 Å². The molecule has 0 spiro atoms. The average molecular weight is 297 g/mol. The van der Waals surface area contributed by atoms with E-state index in [1.54, 1.807) is 10.7 Å². The fourth-order valence-electron chi connectivity index (χ4n) is 3.13. The summed E-state index contributed by atoms with van der Waals surface area (Å²) in [4.78, 5) is 12.1. The van der Waals surface area contributed by atoms with E-state index in [4.69, 9.17) is 0 Å². The molecule has 0 radical (unpaired) electrons. The van der Waals surface area contributed by atoms with Crippen molar-refractivity contribution in [1.29, 1.82) is 0 Å². The zero-order chi connectivity index (χ0) is 15.5. The molecule has 2 heterocycles. The number of hydrogen-bond donors (Lipinski definition) is 1. The fraction of sp³-hybridized carbons (Fsp3) is 0.444. The van der Waals surface area contributed by atoms with Gasteiger partial charge in [-0.1, -0.05) is 23.8 Å². The standard InChI is InChI=1S/C18H23N3O/c1-13-3-4-16(14(2)11-13)17-5-6-18(22)21(20-17)12-15-7-9-19-10-8-15/h3-6,11,15,19H,7-10,12H2,1-2H3. The summed E-state index contributed by atoms with van der Waals surface area (Å²) in [6.07, 6.45) is 2.23. The summed E-state index contributed by atoms with van der Waals surface area (Å²) in [5.74, 6) is 0.542. The molecule has 0 bridgehead atoms. The predicted octanol–water partition coefficient (Wildman–Crippen LogP) is 2.53. The summed E-state index contributed by atoms with van der Waals surface area (Å²) < 4.78 is 1.64. The first kappa shape index (κ1) is 15.0. The van der Waals surface area contributed by atoms with Crippen LogP contribution in [0.4, 0.5) is 0 Å². The minimum atomic E-state index is -0.00736. The Labute approximate surface area is 131 Å². The van der Waals surface area contributed by atoms with E-state index in [0.29, 0.717) is 5.92 Å². The number of aryl methyl sites for hydroxylation is 2. The minimum absolute atomic E-state index is 0.00736. The van der Waals surface area contributed by atoms with E-state index < -0.39 is 0 Å². The van der Waals surface area contributed by atoms with Gasteiger partial charge in [0, 0.05) is 18.2 Å². The molecule has 1 aromatic carbocycles. The van der Waals surface area contributed by atoms with Crippen LogP contribution in [-0.4, -0.2) is 22.9 Å². The summed E-state index contributed by atoms with van der Waals surface area (Å²) in [6.45, 7) is 6.97. The highest BCUT2D eigenvalue weighted by molar-refractivity contribution is 5.63. The van der Waals surface area contributed by atoms with Crippen LogP contribution in [0.25, 0.3) is 11.3 Å². The molecule has 0 unspecified atom stereocenters. The third kappa shape index (κ3) is 3.28. The predicted molar refractivity (Wildman–Crippen MR) is 89.0 cm³/mol. The zero-order valence-electron chi connectivity index (χ0n) is 13.3. The maximum absolute atomic E-state index is 12.1. The van der Waals surface area contributed by atoms with Crippen LogP contribution in [0, 0.1) is 19.8 Å². The molecule has 1 aliphatic heterocycles. The van der Waals surface area contributed by atoms with Crippen LogP contribution in [0.1, 0.15) is 24.0 Å². The van der Waals surface area contributed by atoms with Crippen molar-refractivity contribution in [3.8, 4) is 11.3 Å². The Morgan fingerprint density at radius 3 is 2.68 bits per heavy atom. The Morgan fingerprint density at radius 2 is 1.95 bits per heavy atom. The highest BCUT2D eigenvalue weighted by Crippen LogP contribution is 2.21. The van der Waals surface area contributed by atoms with E-state index in [-0.39, 0.29) is 5.56 Å². The zero-order valence-corrected chi connectivity index (χ0v) is 13.3. The third-order valence-electron chi connectivity index (χ3n) is 4.41. The molecule has 1 fully saturated rings. The molecule has 0 aliphatic carbocycles. The Hall–Kier alpha value is -1.94. The Balaban J connectivity index is 1.90. The second kappa shape index (κ2) is 6.44. The molecular weight excluding hydrogens is 274 g/mol. The highest BCUT2D eigenvalue weighted by Gasteiger charge is 2.15. The van der Waals surface area contributed by atoms with Crippen LogP contribution in [0.3, 0.4) is 0 Å². The van der Waals surface area contributed by atoms with Crippen molar-refractivity contribution < 1.29 is 0 Å².